The van der Waals surface area contributed by atoms with E-state index < -0.39 is 0 Å². The van der Waals surface area contributed by atoms with Crippen molar-refractivity contribution in [3.05, 3.63) is 70.5 Å². The van der Waals surface area contributed by atoms with Gasteiger partial charge in [-0.15, -0.1) is 0 Å². The summed E-state index contributed by atoms with van der Waals surface area (Å²) in [4.78, 5) is 30.1. The smallest absolute Gasteiger partial charge is 0.262 e. The van der Waals surface area contributed by atoms with E-state index in [-0.39, 0.29) is 23.1 Å². The SMILES string of the molecule is CCCCn1c(SCC(=O)Nc2cc(-c3ccc(C)cc3)no2)nc2ccccc2c1=O. The first-order valence-corrected chi connectivity index (χ1v) is 11.5. The predicted molar refractivity (Wildman–Crippen MR) is 127 cm³/mol. The van der Waals surface area contributed by atoms with E-state index in [1.807, 2.05) is 49.4 Å². The van der Waals surface area contributed by atoms with Gasteiger partial charge in [0.2, 0.25) is 11.8 Å². The van der Waals surface area contributed by atoms with Crippen molar-refractivity contribution in [2.24, 2.45) is 0 Å². The molecule has 2 heterocycles. The van der Waals surface area contributed by atoms with E-state index in [2.05, 4.69) is 22.4 Å². The summed E-state index contributed by atoms with van der Waals surface area (Å²) in [6.07, 6.45) is 1.82. The predicted octanol–water partition coefficient (Wildman–Crippen LogP) is 4.89. The number of fused-ring (bicyclic) bond motifs is 1. The van der Waals surface area contributed by atoms with Crippen molar-refractivity contribution in [1.82, 2.24) is 14.7 Å². The van der Waals surface area contributed by atoms with Gasteiger partial charge in [0.15, 0.2) is 5.16 Å². The van der Waals surface area contributed by atoms with Crippen LogP contribution in [0.5, 0.6) is 0 Å². The molecule has 0 radical (unpaired) electrons. The van der Waals surface area contributed by atoms with Gasteiger partial charge in [0.1, 0.15) is 5.69 Å². The van der Waals surface area contributed by atoms with Crippen LogP contribution in [0.1, 0.15) is 25.3 Å². The van der Waals surface area contributed by atoms with Gasteiger partial charge in [-0.05, 0) is 25.5 Å². The third-order valence-corrected chi connectivity index (χ3v) is 5.99. The van der Waals surface area contributed by atoms with Crippen molar-refractivity contribution >= 4 is 34.5 Å². The van der Waals surface area contributed by atoms with E-state index in [1.165, 1.54) is 11.8 Å². The summed E-state index contributed by atoms with van der Waals surface area (Å²) >= 11 is 1.24. The maximum Gasteiger partial charge on any atom is 0.262 e. The van der Waals surface area contributed by atoms with Gasteiger partial charge in [-0.1, -0.05) is 72.2 Å². The molecule has 0 bridgehead atoms. The molecule has 7 nitrogen and oxygen atoms in total. The fraction of sp³-hybridized carbons (Fsp3) is 0.250. The number of para-hydroxylation sites is 1. The van der Waals surface area contributed by atoms with Gasteiger partial charge in [0, 0.05) is 18.2 Å². The van der Waals surface area contributed by atoms with E-state index in [0.717, 1.165) is 24.0 Å². The molecule has 4 rings (SSSR count). The molecule has 164 valence electrons. The Morgan fingerprint density at radius 2 is 1.94 bits per heavy atom. The number of carbonyl (C=O) groups excluding carboxylic acids is 1. The van der Waals surface area contributed by atoms with E-state index in [4.69, 9.17) is 4.52 Å². The third-order valence-electron chi connectivity index (χ3n) is 5.01. The molecule has 0 aliphatic rings. The quantitative estimate of drug-likeness (QED) is 0.305. The molecule has 2 aromatic carbocycles. The number of rotatable bonds is 8. The first-order chi connectivity index (χ1) is 15.5. The van der Waals surface area contributed by atoms with Gasteiger partial charge < -0.3 is 4.52 Å². The van der Waals surface area contributed by atoms with Crippen LogP contribution in [-0.2, 0) is 11.3 Å². The second-order valence-corrected chi connectivity index (χ2v) is 8.44. The van der Waals surface area contributed by atoms with Gasteiger partial charge in [-0.3, -0.25) is 19.5 Å². The van der Waals surface area contributed by atoms with Crippen molar-refractivity contribution in [3.63, 3.8) is 0 Å². The summed E-state index contributed by atoms with van der Waals surface area (Å²) < 4.78 is 6.92. The normalized spacial score (nSPS) is 11.1. The van der Waals surface area contributed by atoms with Gasteiger partial charge >= 0.3 is 0 Å². The summed E-state index contributed by atoms with van der Waals surface area (Å²) in [7, 11) is 0. The Kier molecular flexibility index (Phi) is 6.70. The summed E-state index contributed by atoms with van der Waals surface area (Å²) in [6.45, 7) is 4.66. The van der Waals surface area contributed by atoms with Crippen molar-refractivity contribution in [1.29, 1.82) is 0 Å². The Bertz CT molecular complexity index is 1290. The lowest BCUT2D eigenvalue weighted by Crippen LogP contribution is -2.24. The highest BCUT2D eigenvalue weighted by Gasteiger charge is 2.14. The number of aromatic nitrogens is 3. The molecule has 0 aliphatic heterocycles. The van der Waals surface area contributed by atoms with Crippen LogP contribution in [0.4, 0.5) is 5.88 Å². The zero-order valence-corrected chi connectivity index (χ0v) is 18.8. The Balaban J connectivity index is 1.47. The molecule has 0 spiro atoms. The topological polar surface area (TPSA) is 90.0 Å². The minimum atomic E-state index is -0.258. The van der Waals surface area contributed by atoms with Crippen molar-refractivity contribution in [2.75, 3.05) is 11.1 Å². The fourth-order valence-corrected chi connectivity index (χ4v) is 4.09. The van der Waals surface area contributed by atoms with Crippen LogP contribution in [0.15, 0.2) is 69.1 Å². The number of hydrogen-bond acceptors (Lipinski definition) is 6. The number of hydrogen-bond donors (Lipinski definition) is 1. The van der Waals surface area contributed by atoms with Crippen LogP contribution < -0.4 is 10.9 Å². The van der Waals surface area contributed by atoms with Crippen LogP contribution in [0.3, 0.4) is 0 Å². The van der Waals surface area contributed by atoms with Crippen molar-refractivity contribution in [2.45, 2.75) is 38.4 Å². The first-order valence-electron chi connectivity index (χ1n) is 10.5. The Labute approximate surface area is 189 Å². The second-order valence-electron chi connectivity index (χ2n) is 7.50. The van der Waals surface area contributed by atoms with E-state index in [9.17, 15) is 9.59 Å². The first kappa shape index (κ1) is 21.8. The molecule has 0 saturated heterocycles. The van der Waals surface area contributed by atoms with Crippen LogP contribution in [0, 0.1) is 6.92 Å². The summed E-state index contributed by atoms with van der Waals surface area (Å²) in [6, 6.07) is 16.9. The molecule has 0 unspecified atom stereocenters. The van der Waals surface area contributed by atoms with E-state index in [1.54, 1.807) is 16.7 Å². The number of unbranched alkanes of at least 4 members (excludes halogenated alkanes) is 1. The highest BCUT2D eigenvalue weighted by atomic mass is 32.2. The number of nitrogens with zero attached hydrogens (tertiary/aromatic N) is 3. The molecule has 8 heteroatoms. The van der Waals surface area contributed by atoms with Crippen LogP contribution >= 0.6 is 11.8 Å². The standard InChI is InChI=1S/C24H24N4O3S/c1-3-4-13-28-23(30)18-7-5-6-8-19(18)25-24(28)32-15-21(29)26-22-14-20(27-31-22)17-11-9-16(2)10-12-17/h5-12,14H,3-4,13,15H2,1-2H3,(H,26,29). The molecule has 1 N–H and O–H groups in total. The Hall–Kier alpha value is -3.39. The minimum absolute atomic E-state index is 0.0788. The van der Waals surface area contributed by atoms with E-state index in [0.29, 0.717) is 28.3 Å². The summed E-state index contributed by atoms with van der Waals surface area (Å²) in [5.74, 6) is 0.115. The average Bonchev–Trinajstić information content (AvgIpc) is 3.26. The molecule has 0 fully saturated rings. The number of nitrogens with one attached hydrogen (secondary N) is 1. The average molecular weight is 449 g/mol. The molecular formula is C24H24N4O3S. The molecule has 0 atom stereocenters. The zero-order valence-electron chi connectivity index (χ0n) is 18.0. The van der Waals surface area contributed by atoms with Crippen LogP contribution in [-0.4, -0.2) is 26.4 Å². The van der Waals surface area contributed by atoms with Gasteiger partial charge in [-0.2, -0.15) is 0 Å². The van der Waals surface area contributed by atoms with Gasteiger partial charge in [-0.25, -0.2) is 4.98 Å². The lowest BCUT2D eigenvalue weighted by atomic mass is 10.1. The Morgan fingerprint density at radius 3 is 2.72 bits per heavy atom. The van der Waals surface area contributed by atoms with E-state index >= 15 is 0 Å². The van der Waals surface area contributed by atoms with Gasteiger partial charge in [0.25, 0.3) is 5.56 Å². The van der Waals surface area contributed by atoms with Crippen LogP contribution in [0.25, 0.3) is 22.2 Å². The number of carbonyl (C=O) groups is 1. The number of aryl methyl sites for hydroxylation is 1. The fourth-order valence-electron chi connectivity index (χ4n) is 3.27. The van der Waals surface area contributed by atoms with Gasteiger partial charge in [0.05, 0.1) is 16.7 Å². The largest absolute Gasteiger partial charge is 0.338 e. The van der Waals surface area contributed by atoms with Crippen molar-refractivity contribution < 1.29 is 9.32 Å². The number of anilines is 1. The second kappa shape index (κ2) is 9.82. The van der Waals surface area contributed by atoms with Crippen LogP contribution in [0.2, 0.25) is 0 Å². The summed E-state index contributed by atoms with van der Waals surface area (Å²) in [5, 5.41) is 7.87. The number of amides is 1. The summed E-state index contributed by atoms with van der Waals surface area (Å²) in [5.41, 5.74) is 3.27. The lowest BCUT2D eigenvalue weighted by molar-refractivity contribution is -0.113. The number of benzene rings is 2. The number of thioether (sulfide) groups is 1. The zero-order chi connectivity index (χ0) is 22.5. The molecule has 2 aromatic heterocycles. The minimum Gasteiger partial charge on any atom is -0.338 e. The molecular weight excluding hydrogens is 424 g/mol. The molecule has 4 aromatic rings. The monoisotopic (exact) mass is 448 g/mol. The maximum atomic E-state index is 12.9. The maximum absolute atomic E-state index is 12.9. The molecule has 32 heavy (non-hydrogen) atoms. The lowest BCUT2D eigenvalue weighted by Gasteiger charge is -2.12. The Morgan fingerprint density at radius 1 is 1.16 bits per heavy atom. The van der Waals surface area contributed by atoms with Crippen molar-refractivity contribution in [3.8, 4) is 11.3 Å². The molecule has 0 aliphatic carbocycles. The molecule has 1 amide bonds. The third kappa shape index (κ3) is 4.91. The highest BCUT2D eigenvalue weighted by molar-refractivity contribution is 7.99. The molecule has 0 saturated carbocycles. The highest BCUT2D eigenvalue weighted by Crippen LogP contribution is 2.23.